The molecule has 1 N–H and O–H groups in total. The third-order valence-corrected chi connectivity index (χ3v) is 4.80. The number of ether oxygens (including phenoxy) is 1. The van der Waals surface area contributed by atoms with Gasteiger partial charge in [0.1, 0.15) is 5.75 Å². The molecule has 0 atom stereocenters. The molecule has 7 nitrogen and oxygen atoms in total. The number of hydrogen-bond acceptors (Lipinski definition) is 5. The lowest BCUT2D eigenvalue weighted by Gasteiger charge is -2.08. The van der Waals surface area contributed by atoms with E-state index in [0.717, 1.165) is 11.3 Å². The normalized spacial score (nSPS) is 11.2. The van der Waals surface area contributed by atoms with Crippen LogP contribution in [0.2, 0.25) is 0 Å². The van der Waals surface area contributed by atoms with Crippen LogP contribution < -0.4 is 9.46 Å². The first-order valence-corrected chi connectivity index (χ1v) is 8.87. The second-order valence-electron chi connectivity index (χ2n) is 4.95. The van der Waals surface area contributed by atoms with E-state index < -0.39 is 20.6 Å². The van der Waals surface area contributed by atoms with E-state index in [1.165, 1.54) is 24.3 Å². The van der Waals surface area contributed by atoms with Crippen molar-refractivity contribution in [2.45, 2.75) is 18.2 Å². The zero-order valence-corrected chi connectivity index (χ0v) is 14.0. The number of hydrogen-bond donors (Lipinski definition) is 1. The van der Waals surface area contributed by atoms with E-state index in [9.17, 15) is 18.5 Å². The number of nitro groups is 1. The highest BCUT2D eigenvalue weighted by molar-refractivity contribution is 7.89. The fourth-order valence-electron chi connectivity index (χ4n) is 2.16. The molecule has 0 aliphatic heterocycles. The van der Waals surface area contributed by atoms with E-state index in [-0.39, 0.29) is 11.4 Å². The summed E-state index contributed by atoms with van der Waals surface area (Å²) in [6, 6.07) is 12.6. The van der Waals surface area contributed by atoms with Crippen LogP contribution in [-0.4, -0.2) is 26.5 Å². The minimum absolute atomic E-state index is 0.141. The van der Waals surface area contributed by atoms with Crippen molar-refractivity contribution >= 4 is 15.7 Å². The van der Waals surface area contributed by atoms with Crippen molar-refractivity contribution in [1.82, 2.24) is 4.72 Å². The van der Waals surface area contributed by atoms with Gasteiger partial charge < -0.3 is 4.74 Å². The van der Waals surface area contributed by atoms with Gasteiger partial charge in [0, 0.05) is 12.6 Å². The number of nitrogens with one attached hydrogen (secondary N) is 1. The van der Waals surface area contributed by atoms with Crippen molar-refractivity contribution < 1.29 is 18.1 Å². The predicted molar refractivity (Wildman–Crippen MR) is 89.6 cm³/mol. The Kier molecular flexibility index (Phi) is 5.88. The van der Waals surface area contributed by atoms with Gasteiger partial charge in [-0.2, -0.15) is 0 Å². The molecule has 0 aromatic heterocycles. The number of nitrogens with zero attached hydrogens (tertiary/aromatic N) is 1. The molecule has 0 unspecified atom stereocenters. The first-order valence-electron chi connectivity index (χ1n) is 7.39. The fraction of sp³-hybridized carbons (Fsp3) is 0.250. The molecule has 8 heteroatoms. The highest BCUT2D eigenvalue weighted by Crippen LogP contribution is 2.22. The van der Waals surface area contributed by atoms with E-state index in [1.807, 2.05) is 31.2 Å². The zero-order valence-electron chi connectivity index (χ0n) is 13.1. The molecule has 24 heavy (non-hydrogen) atoms. The summed E-state index contributed by atoms with van der Waals surface area (Å²) in [5, 5.41) is 11.0. The molecule has 2 aromatic carbocycles. The lowest BCUT2D eigenvalue weighted by atomic mass is 10.1. The summed E-state index contributed by atoms with van der Waals surface area (Å²) >= 11 is 0. The Balaban J connectivity index is 2.02. The molecule has 0 radical (unpaired) electrons. The molecule has 128 valence electrons. The Labute approximate surface area is 140 Å². The molecule has 0 spiro atoms. The maximum atomic E-state index is 12.3. The summed E-state index contributed by atoms with van der Waals surface area (Å²) < 4.78 is 32.2. The van der Waals surface area contributed by atoms with Gasteiger partial charge in [-0.3, -0.25) is 10.1 Å². The van der Waals surface area contributed by atoms with Crippen molar-refractivity contribution in [2.75, 3.05) is 13.2 Å². The average Bonchev–Trinajstić information content (AvgIpc) is 2.56. The van der Waals surface area contributed by atoms with Crippen LogP contribution in [0.3, 0.4) is 0 Å². The van der Waals surface area contributed by atoms with Crippen LogP contribution in [0.5, 0.6) is 5.75 Å². The van der Waals surface area contributed by atoms with Crippen LogP contribution >= 0.6 is 0 Å². The highest BCUT2D eigenvalue weighted by atomic mass is 32.2. The summed E-state index contributed by atoms with van der Waals surface area (Å²) in [6.45, 7) is 2.61. The quantitative estimate of drug-likeness (QED) is 0.582. The number of sulfonamides is 1. The lowest BCUT2D eigenvalue weighted by Crippen LogP contribution is -2.26. The van der Waals surface area contributed by atoms with Crippen LogP contribution in [0, 0.1) is 10.1 Å². The molecule has 0 amide bonds. The number of rotatable bonds is 8. The number of para-hydroxylation sites is 1. The van der Waals surface area contributed by atoms with Crippen LogP contribution in [0.15, 0.2) is 53.4 Å². The SMILES string of the molecule is CCOc1ccc(CCNS(=O)(=O)c2ccccc2[N+](=O)[O-])cc1. The van der Waals surface area contributed by atoms with E-state index in [0.29, 0.717) is 13.0 Å². The molecule has 2 rings (SSSR count). The monoisotopic (exact) mass is 350 g/mol. The average molecular weight is 350 g/mol. The van der Waals surface area contributed by atoms with E-state index in [2.05, 4.69) is 4.72 Å². The molecule has 0 fully saturated rings. The molecule has 0 saturated carbocycles. The highest BCUT2D eigenvalue weighted by Gasteiger charge is 2.24. The maximum absolute atomic E-state index is 12.3. The molecular weight excluding hydrogens is 332 g/mol. The topological polar surface area (TPSA) is 98.5 Å². The third-order valence-electron chi connectivity index (χ3n) is 3.29. The standard InChI is InChI=1S/C16H18N2O5S/c1-2-23-14-9-7-13(8-10-14)11-12-17-24(21,22)16-6-4-3-5-15(16)18(19)20/h3-10,17H,2,11-12H2,1H3. The summed E-state index contributed by atoms with van der Waals surface area (Å²) in [4.78, 5) is 9.91. The third kappa shape index (κ3) is 4.53. The number of benzene rings is 2. The van der Waals surface area contributed by atoms with Crippen molar-refractivity contribution in [3.63, 3.8) is 0 Å². The molecule has 0 saturated heterocycles. The summed E-state index contributed by atoms with van der Waals surface area (Å²) in [6.07, 6.45) is 0.465. The Morgan fingerprint density at radius 1 is 1.12 bits per heavy atom. The van der Waals surface area contributed by atoms with Crippen molar-refractivity contribution in [2.24, 2.45) is 0 Å². The van der Waals surface area contributed by atoms with Gasteiger partial charge >= 0.3 is 0 Å². The van der Waals surface area contributed by atoms with Gasteiger partial charge in [0.25, 0.3) is 5.69 Å². The van der Waals surface area contributed by atoms with Crippen molar-refractivity contribution in [1.29, 1.82) is 0 Å². The van der Waals surface area contributed by atoms with Gasteiger partial charge in [0.2, 0.25) is 10.0 Å². The van der Waals surface area contributed by atoms with E-state index in [1.54, 1.807) is 0 Å². The van der Waals surface area contributed by atoms with Crippen LogP contribution in [0.1, 0.15) is 12.5 Å². The van der Waals surface area contributed by atoms with Crippen LogP contribution in [-0.2, 0) is 16.4 Å². The largest absolute Gasteiger partial charge is 0.494 e. The van der Waals surface area contributed by atoms with Crippen molar-refractivity contribution in [3.8, 4) is 5.75 Å². The van der Waals surface area contributed by atoms with Crippen molar-refractivity contribution in [3.05, 3.63) is 64.2 Å². The van der Waals surface area contributed by atoms with Gasteiger partial charge in [-0.1, -0.05) is 24.3 Å². The van der Waals surface area contributed by atoms with Gasteiger partial charge in [-0.05, 0) is 37.1 Å². The first-order chi connectivity index (χ1) is 11.4. The zero-order chi connectivity index (χ0) is 17.6. The Morgan fingerprint density at radius 2 is 1.79 bits per heavy atom. The Bertz CT molecular complexity index is 803. The van der Waals surface area contributed by atoms with Gasteiger partial charge in [0.05, 0.1) is 11.5 Å². The van der Waals surface area contributed by atoms with Crippen LogP contribution in [0.25, 0.3) is 0 Å². The lowest BCUT2D eigenvalue weighted by molar-refractivity contribution is -0.387. The first kappa shape index (κ1) is 17.9. The van der Waals surface area contributed by atoms with Gasteiger partial charge in [0.15, 0.2) is 4.90 Å². The summed E-state index contributed by atoms with van der Waals surface area (Å²) in [5.41, 5.74) is 0.495. The molecule has 0 heterocycles. The minimum atomic E-state index is -3.94. The van der Waals surface area contributed by atoms with Gasteiger partial charge in [-0.25, -0.2) is 13.1 Å². The second-order valence-corrected chi connectivity index (χ2v) is 6.68. The fourth-order valence-corrected chi connectivity index (χ4v) is 3.36. The minimum Gasteiger partial charge on any atom is -0.494 e. The number of nitro benzene ring substituents is 1. The molecular formula is C16H18N2O5S. The second kappa shape index (κ2) is 7.89. The molecule has 0 bridgehead atoms. The van der Waals surface area contributed by atoms with Crippen LogP contribution in [0.4, 0.5) is 5.69 Å². The smallest absolute Gasteiger partial charge is 0.289 e. The van der Waals surface area contributed by atoms with Gasteiger partial charge in [-0.15, -0.1) is 0 Å². The maximum Gasteiger partial charge on any atom is 0.289 e. The Morgan fingerprint density at radius 3 is 2.42 bits per heavy atom. The summed E-state index contributed by atoms with van der Waals surface area (Å²) in [5.74, 6) is 0.752. The molecule has 2 aromatic rings. The molecule has 0 aliphatic carbocycles. The summed E-state index contributed by atoms with van der Waals surface area (Å²) in [7, 11) is -3.94. The Hall–Kier alpha value is -2.45. The van der Waals surface area contributed by atoms with E-state index in [4.69, 9.17) is 4.74 Å². The predicted octanol–water partition coefficient (Wildman–Crippen LogP) is 2.51. The molecule has 0 aliphatic rings. The van der Waals surface area contributed by atoms with E-state index >= 15 is 0 Å².